The predicted octanol–water partition coefficient (Wildman–Crippen LogP) is 3.99. The molecule has 11 nitrogen and oxygen atoms in total. The Hall–Kier alpha value is -4.32. The van der Waals surface area contributed by atoms with Gasteiger partial charge >= 0.3 is 5.97 Å². The third-order valence-electron chi connectivity index (χ3n) is 6.75. The molecule has 2 N–H and O–H groups in total. The lowest BCUT2D eigenvalue weighted by Crippen LogP contribution is -2.49. The average molecular weight is 595 g/mol. The molecule has 13 heteroatoms. The number of nitrogens with zero attached hydrogens (tertiary/aromatic N) is 5. The van der Waals surface area contributed by atoms with Crippen LogP contribution in [0.3, 0.4) is 0 Å². The average Bonchev–Trinajstić information content (AvgIpc) is 2.93. The first-order valence-electron chi connectivity index (χ1n) is 12.4. The highest BCUT2D eigenvalue weighted by Crippen LogP contribution is 2.41. The second-order valence-electron chi connectivity index (χ2n) is 9.40. The number of carboxylic acid groups (broad SMARTS) is 1. The fourth-order valence-electron chi connectivity index (χ4n) is 4.51. The Labute approximate surface area is 244 Å². The Balaban J connectivity index is 1.42. The van der Waals surface area contributed by atoms with E-state index in [9.17, 15) is 14.4 Å². The van der Waals surface area contributed by atoms with Gasteiger partial charge in [0.2, 0.25) is 5.88 Å². The Kier molecular flexibility index (Phi) is 8.02. The van der Waals surface area contributed by atoms with Crippen molar-refractivity contribution in [3.8, 4) is 28.3 Å². The van der Waals surface area contributed by atoms with Gasteiger partial charge in [-0.2, -0.15) is 5.10 Å². The molecule has 5 rings (SSSR count). The number of hydrogen-bond donors (Lipinski definition) is 2. The molecule has 41 heavy (non-hydrogen) atoms. The minimum absolute atomic E-state index is 0.0734. The van der Waals surface area contributed by atoms with E-state index in [0.717, 1.165) is 4.68 Å². The Morgan fingerprint density at radius 1 is 1.07 bits per heavy atom. The van der Waals surface area contributed by atoms with Gasteiger partial charge in [-0.1, -0.05) is 53.5 Å². The lowest BCUT2D eigenvalue weighted by atomic mass is 10.00. The number of nitrogens with one attached hydrogen (secondary N) is 1. The Morgan fingerprint density at radius 2 is 1.76 bits per heavy atom. The number of aliphatic carboxylic acids is 1. The van der Waals surface area contributed by atoms with Gasteiger partial charge in [0.15, 0.2) is 0 Å². The number of methoxy groups -OCH3 is 1. The number of halogens is 2. The molecule has 0 radical (unpaired) electrons. The largest absolute Gasteiger partial charge is 0.481 e. The van der Waals surface area contributed by atoms with Gasteiger partial charge in [0, 0.05) is 49.6 Å². The molecule has 1 aliphatic rings. The molecule has 1 saturated heterocycles. The fourth-order valence-corrected chi connectivity index (χ4v) is 5.11. The first kappa shape index (κ1) is 28.2. The van der Waals surface area contributed by atoms with Crippen molar-refractivity contribution in [1.29, 1.82) is 0 Å². The highest BCUT2D eigenvalue weighted by Gasteiger charge is 2.33. The number of ether oxygens (including phenoxy) is 1. The zero-order chi connectivity index (χ0) is 29.3. The smallest absolute Gasteiger partial charge is 0.309 e. The summed E-state index contributed by atoms with van der Waals surface area (Å²) in [5.41, 5.74) is 2.48. The van der Waals surface area contributed by atoms with Crippen molar-refractivity contribution in [2.45, 2.75) is 6.54 Å². The first-order valence-corrected chi connectivity index (χ1v) is 13.2. The molecule has 0 bridgehead atoms. The van der Waals surface area contributed by atoms with E-state index in [1.54, 1.807) is 42.6 Å². The fraction of sp³-hybridized carbons (Fsp3) is 0.214. The number of aryl methyl sites for hydroxylation is 1. The van der Waals surface area contributed by atoms with E-state index in [-0.39, 0.29) is 16.5 Å². The van der Waals surface area contributed by atoms with E-state index >= 15 is 0 Å². The third kappa shape index (κ3) is 5.64. The highest BCUT2D eigenvalue weighted by atomic mass is 35.5. The summed E-state index contributed by atoms with van der Waals surface area (Å²) in [6.07, 6.45) is 2.95. The standard InChI is InChI=1S/C28H24Cl2N6O5/c1-35-27(38)19(9-10-32-35)25(37)33-20-8-4-6-17(24(20)30)16-5-3-7-18(23(16)29)21-11-31-22(26(34-21)41-2)14-36-12-15(13-36)28(39)40/h3-11,15H,12-14H2,1-2H3,(H,33,37)(H,39,40). The number of likely N-dealkylation sites (tertiary alicyclic amines) is 1. The molecule has 210 valence electrons. The lowest BCUT2D eigenvalue weighted by molar-refractivity contribution is -0.147. The number of amides is 1. The van der Waals surface area contributed by atoms with Crippen molar-refractivity contribution < 1.29 is 19.4 Å². The van der Waals surface area contributed by atoms with Crippen LogP contribution in [0.15, 0.2) is 59.7 Å². The minimum atomic E-state index is -0.809. The van der Waals surface area contributed by atoms with Crippen molar-refractivity contribution in [1.82, 2.24) is 24.6 Å². The molecule has 2 aromatic heterocycles. The van der Waals surface area contributed by atoms with Gasteiger partial charge in [-0.25, -0.2) is 9.67 Å². The maximum atomic E-state index is 12.8. The molecule has 1 fully saturated rings. The van der Waals surface area contributed by atoms with E-state index in [4.69, 9.17) is 33.0 Å². The maximum absolute atomic E-state index is 12.8. The monoisotopic (exact) mass is 594 g/mol. The molecule has 2 aromatic carbocycles. The molecule has 0 unspecified atom stereocenters. The Morgan fingerprint density at radius 3 is 2.46 bits per heavy atom. The van der Waals surface area contributed by atoms with Gasteiger partial charge in [0.25, 0.3) is 11.5 Å². The Bertz CT molecular complexity index is 1720. The summed E-state index contributed by atoms with van der Waals surface area (Å²) < 4.78 is 6.55. The second-order valence-corrected chi connectivity index (χ2v) is 10.2. The van der Waals surface area contributed by atoms with Gasteiger partial charge < -0.3 is 15.2 Å². The molecule has 0 aliphatic carbocycles. The van der Waals surface area contributed by atoms with Crippen LogP contribution >= 0.6 is 23.2 Å². The summed E-state index contributed by atoms with van der Waals surface area (Å²) in [5.74, 6) is -1.49. The molecule has 1 amide bonds. The summed E-state index contributed by atoms with van der Waals surface area (Å²) in [6, 6.07) is 11.8. The zero-order valence-corrected chi connectivity index (χ0v) is 23.5. The number of hydrogen-bond acceptors (Lipinski definition) is 8. The van der Waals surface area contributed by atoms with Gasteiger partial charge in [-0.3, -0.25) is 24.3 Å². The van der Waals surface area contributed by atoms with Crippen LogP contribution in [0.1, 0.15) is 16.1 Å². The normalized spacial score (nSPS) is 13.5. The summed E-state index contributed by atoms with van der Waals surface area (Å²) >= 11 is 13.6. The summed E-state index contributed by atoms with van der Waals surface area (Å²) in [7, 11) is 2.95. The quantitative estimate of drug-likeness (QED) is 0.310. The zero-order valence-electron chi connectivity index (χ0n) is 22.0. The van der Waals surface area contributed by atoms with Gasteiger partial charge in [0.05, 0.1) is 40.7 Å². The van der Waals surface area contributed by atoms with Gasteiger partial charge in [0.1, 0.15) is 11.3 Å². The van der Waals surface area contributed by atoms with E-state index in [0.29, 0.717) is 64.3 Å². The van der Waals surface area contributed by atoms with Crippen LogP contribution in [0.25, 0.3) is 22.4 Å². The molecule has 1 aliphatic heterocycles. The lowest BCUT2D eigenvalue weighted by Gasteiger charge is -2.36. The van der Waals surface area contributed by atoms with Crippen molar-refractivity contribution in [2.24, 2.45) is 13.0 Å². The molecular formula is C28H24Cl2N6O5. The van der Waals surface area contributed by atoms with E-state index in [2.05, 4.69) is 20.4 Å². The highest BCUT2D eigenvalue weighted by molar-refractivity contribution is 6.39. The molecule has 3 heterocycles. The summed E-state index contributed by atoms with van der Waals surface area (Å²) in [6.45, 7) is 1.29. The molecule has 0 atom stereocenters. The topological polar surface area (TPSA) is 140 Å². The van der Waals surface area contributed by atoms with Crippen molar-refractivity contribution in [3.05, 3.63) is 86.5 Å². The number of carbonyl (C=O) groups is 2. The maximum Gasteiger partial charge on any atom is 0.309 e. The molecular weight excluding hydrogens is 571 g/mol. The number of carbonyl (C=O) groups excluding carboxylic acids is 1. The van der Waals surface area contributed by atoms with E-state index in [1.807, 2.05) is 4.90 Å². The molecule has 0 spiro atoms. The predicted molar refractivity (Wildman–Crippen MR) is 153 cm³/mol. The van der Waals surface area contributed by atoms with Crippen LogP contribution in [0, 0.1) is 5.92 Å². The number of anilines is 1. The van der Waals surface area contributed by atoms with Crippen molar-refractivity contribution in [3.63, 3.8) is 0 Å². The van der Waals surface area contributed by atoms with Crippen LogP contribution in [0.2, 0.25) is 10.0 Å². The van der Waals surface area contributed by atoms with Gasteiger partial charge in [-0.05, 0) is 12.1 Å². The number of aromatic nitrogens is 4. The third-order valence-corrected chi connectivity index (χ3v) is 7.56. The van der Waals surface area contributed by atoms with E-state index in [1.165, 1.54) is 26.4 Å². The first-order chi connectivity index (χ1) is 19.7. The van der Waals surface area contributed by atoms with Crippen LogP contribution in [-0.2, 0) is 18.4 Å². The summed E-state index contributed by atoms with van der Waals surface area (Å²) in [4.78, 5) is 47.3. The number of carboxylic acids is 1. The SMILES string of the molecule is COc1nc(-c2cccc(-c3cccc(NC(=O)c4ccnn(C)c4=O)c3Cl)c2Cl)cnc1CN1CC(C(=O)O)C1. The number of benzene rings is 2. The van der Waals surface area contributed by atoms with Gasteiger partial charge in [-0.15, -0.1) is 0 Å². The second kappa shape index (κ2) is 11.7. The molecule has 4 aromatic rings. The molecule has 0 saturated carbocycles. The van der Waals surface area contributed by atoms with Crippen molar-refractivity contribution in [2.75, 3.05) is 25.5 Å². The van der Waals surface area contributed by atoms with Crippen LogP contribution in [-0.4, -0.2) is 61.8 Å². The van der Waals surface area contributed by atoms with Crippen LogP contribution in [0.5, 0.6) is 5.88 Å². The van der Waals surface area contributed by atoms with Crippen molar-refractivity contribution >= 4 is 40.8 Å². The minimum Gasteiger partial charge on any atom is -0.481 e. The number of rotatable bonds is 8. The van der Waals surface area contributed by atoms with Crippen LogP contribution < -0.4 is 15.6 Å². The van der Waals surface area contributed by atoms with Crippen LogP contribution in [0.4, 0.5) is 5.69 Å². The summed E-state index contributed by atoms with van der Waals surface area (Å²) in [5, 5.41) is 16.2. The van der Waals surface area contributed by atoms with E-state index < -0.39 is 17.4 Å².